The Hall–Kier alpha value is -3.27. The lowest BCUT2D eigenvalue weighted by atomic mass is 9.85. The molecule has 14 nitrogen and oxygen atoms in total. The number of hydrogen-bond donors (Lipinski definition) is 7. The third-order valence-electron chi connectivity index (χ3n) is 10.0. The van der Waals surface area contributed by atoms with Gasteiger partial charge in [0.2, 0.25) is 0 Å². The first-order chi connectivity index (χ1) is 30.8. The predicted molar refractivity (Wildman–Crippen MR) is 250 cm³/mol. The number of hydrogen-bond acceptors (Lipinski definition) is 13. The second-order valence-corrected chi connectivity index (χ2v) is 17.1. The van der Waals surface area contributed by atoms with Gasteiger partial charge in [-0.3, -0.25) is 18.6 Å². The van der Waals surface area contributed by atoms with E-state index in [1.165, 1.54) is 19.3 Å². The van der Waals surface area contributed by atoms with Gasteiger partial charge in [0.25, 0.3) is 0 Å². The van der Waals surface area contributed by atoms with Gasteiger partial charge in [0.1, 0.15) is 43.2 Å². The molecule has 0 aliphatic heterocycles. The van der Waals surface area contributed by atoms with E-state index in [-0.39, 0.29) is 12.8 Å². The van der Waals surface area contributed by atoms with Gasteiger partial charge < -0.3 is 45.0 Å². The molecule has 364 valence electrons. The van der Waals surface area contributed by atoms with Crippen molar-refractivity contribution in [1.29, 1.82) is 0 Å². The van der Waals surface area contributed by atoms with Gasteiger partial charge in [-0.2, -0.15) is 0 Å². The van der Waals surface area contributed by atoms with Crippen molar-refractivity contribution in [3.05, 3.63) is 97.2 Å². The minimum atomic E-state index is -5.16. The summed E-state index contributed by atoms with van der Waals surface area (Å²) in [6.07, 6.45) is 33.7. The molecule has 64 heavy (non-hydrogen) atoms. The van der Waals surface area contributed by atoms with Crippen LogP contribution in [0.5, 0.6) is 0 Å². The third kappa shape index (κ3) is 30.0. The highest BCUT2D eigenvalue weighted by atomic mass is 31.2. The van der Waals surface area contributed by atoms with Gasteiger partial charge in [-0.25, -0.2) is 4.57 Å². The Labute approximate surface area is 382 Å². The topological polar surface area (TPSA) is 230 Å². The number of carbonyl (C=O) groups is 2. The molecule has 1 fully saturated rings. The lowest BCUT2D eigenvalue weighted by Crippen LogP contribution is -2.64. The summed E-state index contributed by atoms with van der Waals surface area (Å²) in [6, 6.07) is 0. The molecule has 0 aromatic carbocycles. The largest absolute Gasteiger partial charge is 0.472 e. The van der Waals surface area contributed by atoms with Crippen molar-refractivity contribution in [1.82, 2.24) is 0 Å². The Morgan fingerprint density at radius 3 is 1.72 bits per heavy atom. The molecule has 1 aliphatic rings. The van der Waals surface area contributed by atoms with Crippen LogP contribution in [-0.2, 0) is 32.7 Å². The van der Waals surface area contributed by atoms with Crippen LogP contribution < -0.4 is 0 Å². The van der Waals surface area contributed by atoms with Crippen LogP contribution in [0.15, 0.2) is 97.2 Å². The van der Waals surface area contributed by atoms with Crippen molar-refractivity contribution in [2.24, 2.45) is 0 Å². The summed E-state index contributed by atoms with van der Waals surface area (Å²) in [5.41, 5.74) is 0. The van der Waals surface area contributed by atoms with Gasteiger partial charge in [0.15, 0.2) is 6.10 Å². The highest BCUT2D eigenvalue weighted by Gasteiger charge is 2.51. The normalized spacial score (nSPS) is 23.0. The van der Waals surface area contributed by atoms with Crippen LogP contribution in [0.2, 0.25) is 0 Å². The number of aliphatic hydroxyl groups is 6. The fourth-order valence-electron chi connectivity index (χ4n) is 6.25. The second kappa shape index (κ2) is 37.9. The Balaban J connectivity index is 2.55. The van der Waals surface area contributed by atoms with Crippen LogP contribution in [0.25, 0.3) is 0 Å². The van der Waals surface area contributed by atoms with E-state index in [1.54, 1.807) is 6.08 Å². The molecular weight excluding hydrogens is 843 g/mol. The van der Waals surface area contributed by atoms with Crippen LogP contribution in [0, 0.1) is 0 Å². The van der Waals surface area contributed by atoms with Gasteiger partial charge >= 0.3 is 19.8 Å². The minimum Gasteiger partial charge on any atom is -0.462 e. The molecule has 1 saturated carbocycles. The van der Waals surface area contributed by atoms with E-state index in [0.29, 0.717) is 25.7 Å². The third-order valence-corrected chi connectivity index (χ3v) is 11.0. The number of ether oxygens (including phenoxy) is 2. The SMILES string of the molecule is CC/C=C\CC(O)/C=C/C=C/C/C=C\C/C=C\C/C=C\CCC(=O)O[C@H](COC(=O)CCCCCCC/C=C\C/C=C\CCCCC)COP(=O)(O)OC1[C@H](O)[C@H](O)C(O)[C@H](O)[C@H]1O. The Morgan fingerprint density at radius 1 is 0.578 bits per heavy atom. The van der Waals surface area contributed by atoms with E-state index in [0.717, 1.165) is 64.2 Å². The second-order valence-electron chi connectivity index (χ2n) is 15.7. The number of phosphoric acid groups is 1. The summed E-state index contributed by atoms with van der Waals surface area (Å²) in [6.45, 7) is 2.97. The standard InChI is InChI=1S/C49H79O14P/c1-3-5-7-8-9-10-11-12-13-16-19-22-25-28-32-36-42(51)60-38-41(39-61-64(58,59)63-49-47(56)45(54)44(53)46(55)48(49)57)62-43(52)37-33-29-26-23-20-17-14-15-18-21-24-27-31-35-40(50)34-30-6-4-2/h6,9-10,12-13,15,17-18,20,24,26-27,29-31,35,40-41,44-50,53-57H,3-5,7-8,11,14,16,19,21-23,25,28,32-34,36-39H2,1-2H3,(H,58,59)/b10-9-,13-12-,18-15-,20-17-,27-24+,29-26-,30-6-,35-31+/t40?,41-,44?,45-,46+,47-,48-,49?/m1/s1. The first-order valence-corrected chi connectivity index (χ1v) is 24.6. The molecule has 0 amide bonds. The maximum atomic E-state index is 12.8. The first-order valence-electron chi connectivity index (χ1n) is 23.1. The smallest absolute Gasteiger partial charge is 0.462 e. The maximum absolute atomic E-state index is 12.8. The van der Waals surface area contributed by atoms with Crippen LogP contribution in [0.3, 0.4) is 0 Å². The van der Waals surface area contributed by atoms with Crippen LogP contribution in [-0.4, -0.2) is 110 Å². The quantitative estimate of drug-likeness (QED) is 0.0104. The van der Waals surface area contributed by atoms with Crippen molar-refractivity contribution in [2.45, 2.75) is 185 Å². The number of allylic oxidation sites excluding steroid dienone is 14. The molecule has 0 aromatic rings. The van der Waals surface area contributed by atoms with E-state index in [9.17, 15) is 49.7 Å². The number of esters is 2. The van der Waals surface area contributed by atoms with Gasteiger partial charge in [-0.15, -0.1) is 0 Å². The van der Waals surface area contributed by atoms with Crippen molar-refractivity contribution in [2.75, 3.05) is 13.2 Å². The fraction of sp³-hybridized carbons (Fsp3) is 0.633. The lowest BCUT2D eigenvalue weighted by Gasteiger charge is -2.41. The van der Waals surface area contributed by atoms with Crippen molar-refractivity contribution < 1.29 is 68.2 Å². The fourth-order valence-corrected chi connectivity index (χ4v) is 7.22. The molecular formula is C49H79O14P. The van der Waals surface area contributed by atoms with Crippen molar-refractivity contribution in [3.8, 4) is 0 Å². The van der Waals surface area contributed by atoms with Gasteiger partial charge in [-0.05, 0) is 77.0 Å². The minimum absolute atomic E-state index is 0.0528. The van der Waals surface area contributed by atoms with Gasteiger partial charge in [0, 0.05) is 12.8 Å². The number of carbonyl (C=O) groups excluding carboxylic acids is 2. The summed E-state index contributed by atoms with van der Waals surface area (Å²) >= 11 is 0. The molecule has 0 aromatic heterocycles. The van der Waals surface area contributed by atoms with Crippen molar-refractivity contribution in [3.63, 3.8) is 0 Å². The maximum Gasteiger partial charge on any atom is 0.472 e. The molecule has 9 atom stereocenters. The monoisotopic (exact) mass is 923 g/mol. The zero-order valence-electron chi connectivity index (χ0n) is 38.1. The van der Waals surface area contributed by atoms with Crippen LogP contribution >= 0.6 is 7.82 Å². The Morgan fingerprint density at radius 2 is 1.11 bits per heavy atom. The number of unbranched alkanes of at least 4 members (excludes halogenated alkanes) is 8. The Bertz CT molecular complexity index is 1500. The molecule has 0 radical (unpaired) electrons. The summed E-state index contributed by atoms with van der Waals surface area (Å²) in [5.74, 6) is -1.25. The van der Waals surface area contributed by atoms with E-state index in [4.69, 9.17) is 18.5 Å². The average Bonchev–Trinajstić information content (AvgIpc) is 3.27. The summed E-state index contributed by atoms with van der Waals surface area (Å²) in [4.78, 5) is 35.7. The molecule has 0 saturated heterocycles. The van der Waals surface area contributed by atoms with Crippen LogP contribution in [0.1, 0.15) is 136 Å². The molecule has 0 spiro atoms. The van der Waals surface area contributed by atoms with Gasteiger partial charge in [-0.1, -0.05) is 143 Å². The molecule has 1 rings (SSSR count). The van der Waals surface area contributed by atoms with Crippen molar-refractivity contribution >= 4 is 19.8 Å². The van der Waals surface area contributed by atoms with E-state index in [2.05, 4.69) is 50.3 Å². The highest BCUT2D eigenvalue weighted by molar-refractivity contribution is 7.47. The number of phosphoric ester groups is 1. The predicted octanol–water partition coefficient (Wildman–Crippen LogP) is 8.02. The molecule has 0 heterocycles. The molecule has 15 heteroatoms. The highest BCUT2D eigenvalue weighted by Crippen LogP contribution is 2.47. The molecule has 1 aliphatic carbocycles. The zero-order valence-corrected chi connectivity index (χ0v) is 39.0. The lowest BCUT2D eigenvalue weighted by molar-refractivity contribution is -0.220. The Kier molecular flexibility index (Phi) is 34.8. The van der Waals surface area contributed by atoms with E-state index in [1.807, 2.05) is 54.7 Å². The summed E-state index contributed by atoms with van der Waals surface area (Å²) < 4.78 is 33.4. The zero-order chi connectivity index (χ0) is 47.3. The van der Waals surface area contributed by atoms with Crippen LogP contribution in [0.4, 0.5) is 0 Å². The average molecular weight is 923 g/mol. The molecule has 0 bridgehead atoms. The van der Waals surface area contributed by atoms with E-state index >= 15 is 0 Å². The molecule has 4 unspecified atom stereocenters. The first kappa shape index (κ1) is 58.7. The molecule has 7 N–H and O–H groups in total. The number of aliphatic hydroxyl groups excluding tert-OH is 6. The van der Waals surface area contributed by atoms with E-state index < -0.39 is 81.8 Å². The number of rotatable bonds is 36. The summed E-state index contributed by atoms with van der Waals surface area (Å²) in [7, 11) is -5.16. The summed E-state index contributed by atoms with van der Waals surface area (Å²) in [5, 5.41) is 60.0. The van der Waals surface area contributed by atoms with Gasteiger partial charge in [0.05, 0.1) is 12.7 Å².